The summed E-state index contributed by atoms with van der Waals surface area (Å²) in [6.07, 6.45) is -2.89. The number of alkyl halides is 3. The molecule has 0 spiro atoms. The van der Waals surface area contributed by atoms with E-state index in [2.05, 4.69) is 20.5 Å². The normalized spacial score (nSPS) is 11.9. The number of aryl methyl sites for hydroxylation is 1. The molecule has 3 rings (SSSR count). The Kier molecular flexibility index (Phi) is 5.24. The summed E-state index contributed by atoms with van der Waals surface area (Å²) in [7, 11) is 0. The lowest BCUT2D eigenvalue weighted by atomic mass is 10.1. The molecule has 26 heavy (non-hydrogen) atoms. The van der Waals surface area contributed by atoms with Crippen molar-refractivity contribution in [3.05, 3.63) is 63.8 Å². The predicted molar refractivity (Wildman–Crippen MR) is 97.8 cm³/mol. The van der Waals surface area contributed by atoms with Gasteiger partial charge in [-0.2, -0.15) is 18.3 Å². The van der Waals surface area contributed by atoms with Gasteiger partial charge in [0.1, 0.15) is 5.15 Å². The van der Waals surface area contributed by atoms with Crippen LogP contribution < -0.4 is 5.43 Å². The van der Waals surface area contributed by atoms with Gasteiger partial charge in [0.2, 0.25) is 5.13 Å². The maximum absolute atomic E-state index is 12.9. The Morgan fingerprint density at radius 2 is 1.88 bits per heavy atom. The molecule has 0 aliphatic carbocycles. The highest BCUT2D eigenvalue weighted by Crippen LogP contribution is 2.33. The lowest BCUT2D eigenvalue weighted by Crippen LogP contribution is -2.05. The molecular formula is C17H12ClF3N4S. The van der Waals surface area contributed by atoms with Crippen molar-refractivity contribution in [3.63, 3.8) is 0 Å². The molecule has 9 heteroatoms. The minimum atomic E-state index is -4.48. The molecular weight excluding hydrogens is 385 g/mol. The molecule has 1 aromatic carbocycles. The highest BCUT2D eigenvalue weighted by Gasteiger charge is 2.31. The van der Waals surface area contributed by atoms with Crippen molar-refractivity contribution in [2.24, 2.45) is 5.10 Å². The van der Waals surface area contributed by atoms with Crippen molar-refractivity contribution in [3.8, 4) is 11.3 Å². The molecule has 1 N–H and O–H groups in total. The summed E-state index contributed by atoms with van der Waals surface area (Å²) in [6, 6.07) is 8.55. The van der Waals surface area contributed by atoms with Crippen molar-refractivity contribution in [1.29, 1.82) is 0 Å². The molecule has 3 aromatic rings. The van der Waals surface area contributed by atoms with E-state index in [0.717, 1.165) is 23.4 Å². The number of halogens is 4. The summed E-state index contributed by atoms with van der Waals surface area (Å²) < 4.78 is 38.7. The number of hydrazone groups is 1. The monoisotopic (exact) mass is 396 g/mol. The third-order valence-electron chi connectivity index (χ3n) is 3.32. The van der Waals surface area contributed by atoms with Crippen molar-refractivity contribution >= 4 is 34.3 Å². The number of benzene rings is 1. The molecule has 0 unspecified atom stereocenters. The lowest BCUT2D eigenvalue weighted by Gasteiger charge is -2.09. The first-order chi connectivity index (χ1) is 12.3. The number of rotatable bonds is 4. The Labute approximate surface area is 156 Å². The Hall–Kier alpha value is -2.45. The van der Waals surface area contributed by atoms with Gasteiger partial charge in [-0.3, -0.25) is 5.43 Å². The number of hydrogen-bond acceptors (Lipinski definition) is 5. The maximum atomic E-state index is 12.9. The van der Waals surface area contributed by atoms with E-state index in [0.29, 0.717) is 10.7 Å². The molecule has 0 saturated heterocycles. The van der Waals surface area contributed by atoms with Crippen LogP contribution in [0.5, 0.6) is 0 Å². The second-order valence-corrected chi connectivity index (χ2v) is 6.59. The Bertz CT molecular complexity index is 936. The average molecular weight is 397 g/mol. The summed E-state index contributed by atoms with van der Waals surface area (Å²) >= 11 is 7.16. The zero-order valence-corrected chi connectivity index (χ0v) is 15.0. The van der Waals surface area contributed by atoms with E-state index in [1.807, 2.05) is 12.3 Å². The average Bonchev–Trinajstić information content (AvgIpc) is 2.99. The van der Waals surface area contributed by atoms with Crippen LogP contribution in [-0.4, -0.2) is 16.2 Å². The highest BCUT2D eigenvalue weighted by molar-refractivity contribution is 7.13. The summed E-state index contributed by atoms with van der Waals surface area (Å²) in [5, 5.41) is 6.45. The van der Waals surface area contributed by atoms with Crippen LogP contribution in [0.3, 0.4) is 0 Å². The van der Waals surface area contributed by atoms with Crippen LogP contribution in [-0.2, 0) is 6.18 Å². The van der Waals surface area contributed by atoms with E-state index in [9.17, 15) is 13.2 Å². The molecule has 0 atom stereocenters. The van der Waals surface area contributed by atoms with Gasteiger partial charge >= 0.3 is 6.18 Å². The third-order valence-corrected chi connectivity index (χ3v) is 4.38. The first kappa shape index (κ1) is 18.3. The molecule has 0 aliphatic rings. The zero-order chi connectivity index (χ0) is 18.7. The van der Waals surface area contributed by atoms with Crippen LogP contribution in [0.2, 0.25) is 5.15 Å². The molecule has 4 nitrogen and oxygen atoms in total. The SMILES string of the molecule is Cc1csc(NN=Cc2ccc(-c3cc(C(F)(F)F)cc(Cl)n3)cc2)n1. The topological polar surface area (TPSA) is 50.2 Å². The molecule has 0 fully saturated rings. The third kappa shape index (κ3) is 4.59. The number of nitrogens with one attached hydrogen (secondary N) is 1. The molecule has 0 aliphatic heterocycles. The minimum absolute atomic E-state index is 0.157. The van der Waals surface area contributed by atoms with E-state index in [4.69, 9.17) is 11.6 Å². The van der Waals surface area contributed by atoms with Crippen molar-refractivity contribution in [1.82, 2.24) is 9.97 Å². The smallest absolute Gasteiger partial charge is 0.253 e. The van der Waals surface area contributed by atoms with Crippen LogP contribution in [0.4, 0.5) is 18.3 Å². The van der Waals surface area contributed by atoms with Gasteiger partial charge in [-0.1, -0.05) is 35.9 Å². The first-order valence-corrected chi connectivity index (χ1v) is 8.63. The fourth-order valence-electron chi connectivity index (χ4n) is 2.12. The van der Waals surface area contributed by atoms with Crippen LogP contribution in [0.25, 0.3) is 11.3 Å². The quantitative estimate of drug-likeness (QED) is 0.353. The van der Waals surface area contributed by atoms with Crippen molar-refractivity contribution in [2.45, 2.75) is 13.1 Å². The first-order valence-electron chi connectivity index (χ1n) is 7.38. The van der Waals surface area contributed by atoms with Gasteiger partial charge in [-0.25, -0.2) is 9.97 Å². The van der Waals surface area contributed by atoms with Gasteiger partial charge in [0.05, 0.1) is 23.2 Å². The fourth-order valence-corrected chi connectivity index (χ4v) is 2.96. The van der Waals surface area contributed by atoms with Crippen LogP contribution >= 0.6 is 22.9 Å². The fraction of sp³-hybridized carbons (Fsp3) is 0.118. The van der Waals surface area contributed by atoms with Crippen molar-refractivity contribution in [2.75, 3.05) is 5.43 Å². The van der Waals surface area contributed by atoms with Crippen molar-refractivity contribution < 1.29 is 13.2 Å². The van der Waals surface area contributed by atoms with Gasteiger partial charge in [-0.05, 0) is 24.6 Å². The summed E-state index contributed by atoms with van der Waals surface area (Å²) in [4.78, 5) is 8.18. The Morgan fingerprint density at radius 3 is 2.50 bits per heavy atom. The molecule has 0 saturated carbocycles. The zero-order valence-electron chi connectivity index (χ0n) is 13.4. The molecule has 0 bridgehead atoms. The minimum Gasteiger partial charge on any atom is -0.253 e. The van der Waals surface area contributed by atoms with E-state index in [-0.39, 0.29) is 10.8 Å². The molecule has 0 amide bonds. The van der Waals surface area contributed by atoms with E-state index < -0.39 is 11.7 Å². The number of thiazole rings is 1. The summed E-state index contributed by atoms with van der Waals surface area (Å²) in [5.74, 6) is 0. The van der Waals surface area contributed by atoms with Gasteiger partial charge in [-0.15, -0.1) is 11.3 Å². The number of aromatic nitrogens is 2. The van der Waals surface area contributed by atoms with Gasteiger partial charge < -0.3 is 0 Å². The number of nitrogens with zero attached hydrogens (tertiary/aromatic N) is 3. The second-order valence-electron chi connectivity index (χ2n) is 5.35. The Balaban J connectivity index is 1.76. The van der Waals surface area contributed by atoms with Crippen LogP contribution in [0.15, 0.2) is 46.9 Å². The van der Waals surface area contributed by atoms with E-state index in [1.165, 1.54) is 11.3 Å². The molecule has 2 aromatic heterocycles. The molecule has 134 valence electrons. The largest absolute Gasteiger partial charge is 0.416 e. The summed E-state index contributed by atoms with van der Waals surface area (Å²) in [6.45, 7) is 1.89. The lowest BCUT2D eigenvalue weighted by molar-refractivity contribution is -0.137. The van der Waals surface area contributed by atoms with E-state index in [1.54, 1.807) is 30.5 Å². The second kappa shape index (κ2) is 7.43. The van der Waals surface area contributed by atoms with Crippen LogP contribution in [0.1, 0.15) is 16.8 Å². The van der Waals surface area contributed by atoms with E-state index >= 15 is 0 Å². The Morgan fingerprint density at radius 1 is 1.15 bits per heavy atom. The van der Waals surface area contributed by atoms with Gasteiger partial charge in [0.25, 0.3) is 0 Å². The van der Waals surface area contributed by atoms with Crippen LogP contribution in [0, 0.1) is 6.92 Å². The molecule has 2 heterocycles. The maximum Gasteiger partial charge on any atom is 0.416 e. The number of hydrogen-bond donors (Lipinski definition) is 1. The van der Waals surface area contributed by atoms with Gasteiger partial charge in [0.15, 0.2) is 0 Å². The standard InChI is InChI=1S/C17H12ClF3N4S/c1-10-9-26-16(23-10)25-22-8-11-2-4-12(5-3-11)14-6-13(17(19,20)21)7-15(18)24-14/h2-9H,1H3,(H,23,25). The predicted octanol–water partition coefficient (Wildman–Crippen LogP) is 5.63. The summed E-state index contributed by atoms with van der Waals surface area (Å²) in [5.41, 5.74) is 4.34. The van der Waals surface area contributed by atoms with Gasteiger partial charge in [0, 0.05) is 10.9 Å². The highest BCUT2D eigenvalue weighted by atomic mass is 35.5. The molecule has 0 radical (unpaired) electrons. The number of anilines is 1. The number of pyridine rings is 1.